The molecule has 206 valence electrons. The van der Waals surface area contributed by atoms with E-state index in [1.807, 2.05) is 30.3 Å². The Hall–Kier alpha value is -5.83. The molecule has 4 aromatic carbocycles. The van der Waals surface area contributed by atoms with Crippen molar-refractivity contribution in [2.24, 2.45) is 0 Å². The summed E-state index contributed by atoms with van der Waals surface area (Å²) < 4.78 is 12.3. The number of ketones is 2. The zero-order valence-corrected chi connectivity index (χ0v) is 22.4. The fourth-order valence-corrected chi connectivity index (χ4v) is 4.80. The molecule has 0 saturated heterocycles. The van der Waals surface area contributed by atoms with Crippen molar-refractivity contribution < 1.29 is 28.7 Å². The van der Waals surface area contributed by atoms with Gasteiger partial charge in [0.25, 0.3) is 5.91 Å². The zero-order chi connectivity index (χ0) is 29.2. The first-order chi connectivity index (χ1) is 20.4. The summed E-state index contributed by atoms with van der Waals surface area (Å²) in [6, 6.07) is 27.5. The van der Waals surface area contributed by atoms with Gasteiger partial charge in [-0.15, -0.1) is 0 Å². The average molecular weight is 558 g/mol. The standard InChI is InChI=1S/C33H23N3O6/c1-41-23-11-7-8-20(16-23)30-28(18-36(35-30)22-9-3-2-4-10-22)33(40)42-19-29(37)34-21-14-15-26-27(17-21)32(39)25-13-6-5-12-24(25)31(26)38/h2-18H,19H2,1H3,(H,34,37). The highest BCUT2D eigenvalue weighted by atomic mass is 16.5. The molecule has 1 aromatic heterocycles. The van der Waals surface area contributed by atoms with Gasteiger partial charge in [0.2, 0.25) is 0 Å². The molecular formula is C33H23N3O6. The van der Waals surface area contributed by atoms with Gasteiger partial charge in [-0.2, -0.15) is 5.10 Å². The van der Waals surface area contributed by atoms with E-state index in [0.29, 0.717) is 33.8 Å². The third-order valence-electron chi connectivity index (χ3n) is 6.84. The summed E-state index contributed by atoms with van der Waals surface area (Å²) in [5.41, 5.74) is 3.32. The molecule has 1 aliphatic rings. The molecule has 9 nitrogen and oxygen atoms in total. The molecule has 0 radical (unpaired) electrons. The molecule has 0 bridgehead atoms. The number of para-hydroxylation sites is 1. The Labute approximate surface area is 240 Å². The Bertz CT molecular complexity index is 1880. The molecule has 0 aliphatic heterocycles. The van der Waals surface area contributed by atoms with Crippen molar-refractivity contribution in [3.8, 4) is 22.7 Å². The molecular weight excluding hydrogens is 534 g/mol. The minimum Gasteiger partial charge on any atom is -0.497 e. The van der Waals surface area contributed by atoms with E-state index in [4.69, 9.17) is 9.47 Å². The fraction of sp³-hybridized carbons (Fsp3) is 0.0606. The molecule has 1 N–H and O–H groups in total. The number of rotatable bonds is 7. The summed E-state index contributed by atoms with van der Waals surface area (Å²) in [5.74, 6) is -1.32. The normalized spacial score (nSPS) is 11.8. The Morgan fingerprint density at radius 1 is 0.786 bits per heavy atom. The molecule has 0 unspecified atom stereocenters. The second-order valence-electron chi connectivity index (χ2n) is 9.49. The minimum absolute atomic E-state index is 0.163. The van der Waals surface area contributed by atoms with Gasteiger partial charge in [0.1, 0.15) is 17.0 Å². The van der Waals surface area contributed by atoms with Crippen molar-refractivity contribution in [1.29, 1.82) is 0 Å². The van der Waals surface area contributed by atoms with Gasteiger partial charge in [-0.3, -0.25) is 14.4 Å². The van der Waals surface area contributed by atoms with E-state index >= 15 is 0 Å². The van der Waals surface area contributed by atoms with Gasteiger partial charge in [-0.25, -0.2) is 9.48 Å². The number of nitrogens with zero attached hydrogens (tertiary/aromatic N) is 2. The Balaban J connectivity index is 1.20. The number of benzene rings is 4. The molecule has 0 fully saturated rings. The summed E-state index contributed by atoms with van der Waals surface area (Å²) in [7, 11) is 1.55. The van der Waals surface area contributed by atoms with E-state index < -0.39 is 18.5 Å². The van der Waals surface area contributed by atoms with E-state index in [1.165, 1.54) is 18.2 Å². The van der Waals surface area contributed by atoms with Gasteiger partial charge >= 0.3 is 5.97 Å². The van der Waals surface area contributed by atoms with Crippen LogP contribution in [0, 0.1) is 0 Å². The van der Waals surface area contributed by atoms with Gasteiger partial charge in [0.05, 0.1) is 12.8 Å². The Kier molecular flexibility index (Phi) is 6.90. The summed E-state index contributed by atoms with van der Waals surface area (Å²) in [5, 5.41) is 7.25. The lowest BCUT2D eigenvalue weighted by Gasteiger charge is -2.18. The maximum Gasteiger partial charge on any atom is 0.342 e. The molecule has 9 heteroatoms. The number of esters is 1. The van der Waals surface area contributed by atoms with Crippen LogP contribution in [0.3, 0.4) is 0 Å². The lowest BCUT2D eigenvalue weighted by molar-refractivity contribution is -0.119. The number of carbonyl (C=O) groups is 4. The highest BCUT2D eigenvalue weighted by molar-refractivity contribution is 6.28. The summed E-state index contributed by atoms with van der Waals surface area (Å²) in [4.78, 5) is 51.8. The van der Waals surface area contributed by atoms with Crippen LogP contribution < -0.4 is 10.1 Å². The predicted octanol–water partition coefficient (Wildman–Crippen LogP) is 5.12. The van der Waals surface area contributed by atoms with Crippen LogP contribution in [-0.4, -0.2) is 46.9 Å². The third-order valence-corrected chi connectivity index (χ3v) is 6.84. The van der Waals surface area contributed by atoms with Crippen molar-refractivity contribution in [3.05, 3.63) is 131 Å². The first kappa shape index (κ1) is 26.4. The van der Waals surface area contributed by atoms with Gasteiger partial charge in [-0.05, 0) is 42.5 Å². The molecule has 5 aromatic rings. The number of carbonyl (C=O) groups excluding carboxylic acids is 4. The fourth-order valence-electron chi connectivity index (χ4n) is 4.80. The number of nitrogens with one attached hydrogen (secondary N) is 1. The average Bonchev–Trinajstić information content (AvgIpc) is 3.49. The summed E-state index contributed by atoms with van der Waals surface area (Å²) in [6.07, 6.45) is 1.55. The van der Waals surface area contributed by atoms with Gasteiger partial charge in [-0.1, -0.05) is 54.6 Å². The first-order valence-electron chi connectivity index (χ1n) is 13.0. The number of hydrogen-bond acceptors (Lipinski definition) is 7. The van der Waals surface area contributed by atoms with E-state index in [0.717, 1.165) is 5.69 Å². The second-order valence-corrected chi connectivity index (χ2v) is 9.49. The van der Waals surface area contributed by atoms with Crippen molar-refractivity contribution in [1.82, 2.24) is 9.78 Å². The smallest absolute Gasteiger partial charge is 0.342 e. The number of ether oxygens (including phenoxy) is 2. The van der Waals surface area contributed by atoms with Crippen LogP contribution in [0.4, 0.5) is 5.69 Å². The van der Waals surface area contributed by atoms with Gasteiger partial charge < -0.3 is 14.8 Å². The van der Waals surface area contributed by atoms with Crippen LogP contribution in [0.15, 0.2) is 103 Å². The molecule has 0 saturated carbocycles. The number of fused-ring (bicyclic) bond motifs is 2. The molecule has 1 heterocycles. The van der Waals surface area contributed by atoms with Crippen LogP contribution in [0.1, 0.15) is 42.2 Å². The number of anilines is 1. The maximum atomic E-state index is 13.2. The van der Waals surface area contributed by atoms with Gasteiger partial charge in [0.15, 0.2) is 18.2 Å². The highest BCUT2D eigenvalue weighted by Crippen LogP contribution is 2.30. The van der Waals surface area contributed by atoms with Crippen molar-refractivity contribution in [2.75, 3.05) is 19.0 Å². The molecule has 0 atom stereocenters. The lowest BCUT2D eigenvalue weighted by atomic mass is 9.84. The Morgan fingerprint density at radius 3 is 2.21 bits per heavy atom. The van der Waals surface area contributed by atoms with Crippen molar-refractivity contribution >= 4 is 29.1 Å². The maximum absolute atomic E-state index is 13.2. The first-order valence-corrected chi connectivity index (χ1v) is 13.0. The predicted molar refractivity (Wildman–Crippen MR) is 154 cm³/mol. The largest absolute Gasteiger partial charge is 0.497 e. The molecule has 6 rings (SSSR count). The lowest BCUT2D eigenvalue weighted by Crippen LogP contribution is -2.23. The molecule has 1 aliphatic carbocycles. The van der Waals surface area contributed by atoms with Crippen LogP contribution in [0.25, 0.3) is 16.9 Å². The zero-order valence-electron chi connectivity index (χ0n) is 22.4. The third kappa shape index (κ3) is 4.95. The van der Waals surface area contributed by atoms with Crippen LogP contribution >= 0.6 is 0 Å². The quantitative estimate of drug-likeness (QED) is 0.271. The van der Waals surface area contributed by atoms with Gasteiger partial charge in [0, 0.05) is 39.7 Å². The second kappa shape index (κ2) is 11.0. The number of hydrogen-bond donors (Lipinski definition) is 1. The number of amides is 1. The van der Waals surface area contributed by atoms with Crippen LogP contribution in [0.2, 0.25) is 0 Å². The Morgan fingerprint density at radius 2 is 1.48 bits per heavy atom. The van der Waals surface area contributed by atoms with Crippen molar-refractivity contribution in [3.63, 3.8) is 0 Å². The number of methoxy groups -OCH3 is 1. The van der Waals surface area contributed by atoms with Crippen molar-refractivity contribution in [2.45, 2.75) is 0 Å². The van der Waals surface area contributed by atoms with E-state index in [-0.39, 0.29) is 28.3 Å². The monoisotopic (exact) mass is 557 g/mol. The summed E-state index contributed by atoms with van der Waals surface area (Å²) in [6.45, 7) is -0.584. The minimum atomic E-state index is -0.743. The number of aromatic nitrogens is 2. The highest BCUT2D eigenvalue weighted by Gasteiger charge is 2.29. The van der Waals surface area contributed by atoms with E-state index in [9.17, 15) is 19.2 Å². The molecule has 42 heavy (non-hydrogen) atoms. The van der Waals surface area contributed by atoms with Crippen LogP contribution in [-0.2, 0) is 9.53 Å². The topological polar surface area (TPSA) is 117 Å². The molecule has 0 spiro atoms. The summed E-state index contributed by atoms with van der Waals surface area (Å²) >= 11 is 0. The van der Waals surface area contributed by atoms with E-state index in [2.05, 4.69) is 10.4 Å². The molecule has 1 amide bonds. The van der Waals surface area contributed by atoms with E-state index in [1.54, 1.807) is 66.5 Å². The SMILES string of the molecule is COc1cccc(-c2nn(-c3ccccc3)cc2C(=O)OCC(=O)Nc2ccc3c(c2)C(=O)c2ccccc2C3=O)c1. The van der Waals surface area contributed by atoms with Crippen LogP contribution in [0.5, 0.6) is 5.75 Å².